The van der Waals surface area contributed by atoms with E-state index in [9.17, 15) is 4.79 Å². The number of aromatic nitrogens is 3. The fourth-order valence-corrected chi connectivity index (χ4v) is 2.60. The average molecular weight is 334 g/mol. The van der Waals surface area contributed by atoms with Gasteiger partial charge in [-0.05, 0) is 44.0 Å². The highest BCUT2D eigenvalue weighted by Gasteiger charge is 2.26. The predicted octanol–water partition coefficient (Wildman–Crippen LogP) is 3.75. The Labute approximate surface area is 145 Å². The van der Waals surface area contributed by atoms with Gasteiger partial charge in [0.05, 0.1) is 0 Å². The van der Waals surface area contributed by atoms with E-state index < -0.39 is 5.92 Å². The summed E-state index contributed by atoms with van der Waals surface area (Å²) in [5, 5.41) is 6.87. The molecule has 25 heavy (non-hydrogen) atoms. The molecule has 1 aliphatic carbocycles. The lowest BCUT2D eigenvalue weighted by molar-refractivity contribution is -0.117. The second kappa shape index (κ2) is 6.47. The molecule has 1 N–H and O–H groups in total. The molecule has 1 fully saturated rings. The highest BCUT2D eigenvalue weighted by molar-refractivity contribution is 5.94. The first-order valence-electron chi connectivity index (χ1n) is 8.36. The number of benzene rings is 1. The van der Waals surface area contributed by atoms with Gasteiger partial charge in [-0.15, -0.1) is 0 Å². The molecule has 0 unspecified atom stereocenters. The standard InChI is InChI=1S/C19H18N4O2/c1-12(18(24)21-15-5-3-2-4-6-15)19-22-17(23-25-19)14-9-10-20-16(11-14)13-7-8-13/h2-6,9-13H,7-8H2,1H3,(H,21,24)/t12-/m0/s1. The van der Waals surface area contributed by atoms with Crippen molar-refractivity contribution in [3.63, 3.8) is 0 Å². The molecule has 0 bridgehead atoms. The van der Waals surface area contributed by atoms with Crippen molar-refractivity contribution in [1.29, 1.82) is 0 Å². The minimum absolute atomic E-state index is 0.185. The third-order valence-electron chi connectivity index (χ3n) is 4.28. The summed E-state index contributed by atoms with van der Waals surface area (Å²) < 4.78 is 5.31. The largest absolute Gasteiger partial charge is 0.338 e. The van der Waals surface area contributed by atoms with Gasteiger partial charge in [-0.25, -0.2) is 0 Å². The smallest absolute Gasteiger partial charge is 0.239 e. The zero-order chi connectivity index (χ0) is 17.2. The van der Waals surface area contributed by atoms with E-state index in [-0.39, 0.29) is 5.91 Å². The maximum atomic E-state index is 12.4. The maximum absolute atomic E-state index is 12.4. The molecule has 1 atom stereocenters. The minimum atomic E-state index is -0.536. The van der Waals surface area contributed by atoms with Gasteiger partial charge in [0.25, 0.3) is 0 Å². The Bertz CT molecular complexity index is 887. The lowest BCUT2D eigenvalue weighted by Gasteiger charge is -2.08. The minimum Gasteiger partial charge on any atom is -0.338 e. The van der Waals surface area contributed by atoms with Crippen LogP contribution in [0.5, 0.6) is 0 Å². The molecule has 6 nitrogen and oxygen atoms in total. The van der Waals surface area contributed by atoms with E-state index in [0.29, 0.717) is 17.6 Å². The summed E-state index contributed by atoms with van der Waals surface area (Å²) in [7, 11) is 0. The van der Waals surface area contributed by atoms with Gasteiger partial charge in [-0.1, -0.05) is 23.4 Å². The molecule has 2 aromatic heterocycles. The molecule has 1 saturated carbocycles. The summed E-state index contributed by atoms with van der Waals surface area (Å²) in [6.45, 7) is 1.75. The molecular weight excluding hydrogens is 316 g/mol. The van der Waals surface area contributed by atoms with Crippen LogP contribution < -0.4 is 5.32 Å². The van der Waals surface area contributed by atoms with Crippen LogP contribution in [0.1, 0.15) is 43.2 Å². The summed E-state index contributed by atoms with van der Waals surface area (Å²) in [5.41, 5.74) is 2.67. The molecule has 0 saturated heterocycles. The SMILES string of the molecule is C[C@@H](C(=O)Nc1ccccc1)c1nc(-c2ccnc(C3CC3)c2)no1. The van der Waals surface area contributed by atoms with Gasteiger partial charge in [0.15, 0.2) is 0 Å². The molecule has 0 aliphatic heterocycles. The Kier molecular flexibility index (Phi) is 4.01. The third-order valence-corrected chi connectivity index (χ3v) is 4.28. The quantitative estimate of drug-likeness (QED) is 0.768. The van der Waals surface area contributed by atoms with Crippen LogP contribution in [-0.2, 0) is 4.79 Å². The highest BCUT2D eigenvalue weighted by Crippen LogP contribution is 2.39. The second-order valence-electron chi connectivity index (χ2n) is 6.28. The van der Waals surface area contributed by atoms with Crippen molar-refractivity contribution in [2.24, 2.45) is 0 Å². The van der Waals surface area contributed by atoms with Crippen molar-refractivity contribution in [2.75, 3.05) is 5.32 Å². The van der Waals surface area contributed by atoms with E-state index in [1.807, 2.05) is 42.5 Å². The van der Waals surface area contributed by atoms with Crippen LogP contribution >= 0.6 is 0 Å². The normalized spacial score (nSPS) is 14.9. The summed E-state index contributed by atoms with van der Waals surface area (Å²) in [5.74, 6) is 0.620. The zero-order valence-electron chi connectivity index (χ0n) is 13.8. The first kappa shape index (κ1) is 15.5. The van der Waals surface area contributed by atoms with Crippen LogP contribution in [-0.4, -0.2) is 21.0 Å². The fourth-order valence-electron chi connectivity index (χ4n) is 2.60. The summed E-state index contributed by atoms with van der Waals surface area (Å²) in [4.78, 5) is 21.2. The molecule has 6 heteroatoms. The Morgan fingerprint density at radius 3 is 2.80 bits per heavy atom. The number of hydrogen-bond donors (Lipinski definition) is 1. The van der Waals surface area contributed by atoms with Gasteiger partial charge in [-0.2, -0.15) is 4.98 Å². The third kappa shape index (κ3) is 3.42. The van der Waals surface area contributed by atoms with Crippen molar-refractivity contribution in [2.45, 2.75) is 31.6 Å². The molecule has 126 valence electrons. The van der Waals surface area contributed by atoms with E-state index in [1.54, 1.807) is 13.1 Å². The first-order valence-corrected chi connectivity index (χ1v) is 8.36. The number of hydrogen-bond acceptors (Lipinski definition) is 5. The van der Waals surface area contributed by atoms with Crippen molar-refractivity contribution in [1.82, 2.24) is 15.1 Å². The van der Waals surface area contributed by atoms with Crippen molar-refractivity contribution in [3.05, 3.63) is 60.2 Å². The number of rotatable bonds is 5. The van der Waals surface area contributed by atoms with Gasteiger partial charge in [0.2, 0.25) is 17.6 Å². The topological polar surface area (TPSA) is 80.9 Å². The van der Waals surface area contributed by atoms with Gasteiger partial charge in [0, 0.05) is 29.1 Å². The molecule has 0 radical (unpaired) electrons. The van der Waals surface area contributed by atoms with E-state index in [4.69, 9.17) is 4.52 Å². The number of anilines is 1. The number of carbonyl (C=O) groups is 1. The molecular formula is C19H18N4O2. The molecule has 1 amide bonds. The molecule has 4 rings (SSSR count). The van der Waals surface area contributed by atoms with Gasteiger partial charge in [0.1, 0.15) is 5.92 Å². The maximum Gasteiger partial charge on any atom is 0.239 e. The van der Waals surface area contributed by atoms with Gasteiger partial charge in [-0.3, -0.25) is 9.78 Å². The van der Waals surface area contributed by atoms with Crippen LogP contribution in [0.4, 0.5) is 5.69 Å². The summed E-state index contributed by atoms with van der Waals surface area (Å²) in [6.07, 6.45) is 4.14. The van der Waals surface area contributed by atoms with Crippen molar-refractivity contribution in [3.8, 4) is 11.4 Å². The van der Waals surface area contributed by atoms with Crippen LogP contribution in [0, 0.1) is 0 Å². The Balaban J connectivity index is 1.50. The van der Waals surface area contributed by atoms with Crippen LogP contribution in [0.25, 0.3) is 11.4 Å². The van der Waals surface area contributed by atoms with E-state index >= 15 is 0 Å². The number of carbonyl (C=O) groups excluding carboxylic acids is 1. The highest BCUT2D eigenvalue weighted by atomic mass is 16.5. The second-order valence-corrected chi connectivity index (χ2v) is 6.28. The molecule has 1 aliphatic rings. The number of amides is 1. The molecule has 2 heterocycles. The predicted molar refractivity (Wildman–Crippen MR) is 93.0 cm³/mol. The van der Waals surface area contributed by atoms with Crippen LogP contribution in [0.2, 0.25) is 0 Å². The zero-order valence-corrected chi connectivity index (χ0v) is 13.8. The first-order chi connectivity index (χ1) is 12.2. The van der Waals surface area contributed by atoms with E-state index in [2.05, 4.69) is 20.4 Å². The van der Waals surface area contributed by atoms with Crippen LogP contribution in [0.15, 0.2) is 53.2 Å². The molecule has 3 aromatic rings. The number of nitrogens with one attached hydrogen (secondary N) is 1. The van der Waals surface area contributed by atoms with Gasteiger partial charge < -0.3 is 9.84 Å². The number of nitrogens with zero attached hydrogens (tertiary/aromatic N) is 3. The van der Waals surface area contributed by atoms with Crippen LogP contribution in [0.3, 0.4) is 0 Å². The number of para-hydroxylation sites is 1. The Morgan fingerprint density at radius 2 is 2.04 bits per heavy atom. The Hall–Kier alpha value is -3.02. The van der Waals surface area contributed by atoms with Gasteiger partial charge >= 0.3 is 0 Å². The van der Waals surface area contributed by atoms with E-state index in [0.717, 1.165) is 16.9 Å². The molecule has 1 aromatic carbocycles. The van der Waals surface area contributed by atoms with Crippen molar-refractivity contribution >= 4 is 11.6 Å². The summed E-state index contributed by atoms with van der Waals surface area (Å²) in [6, 6.07) is 13.2. The lowest BCUT2D eigenvalue weighted by atomic mass is 10.1. The van der Waals surface area contributed by atoms with Crippen molar-refractivity contribution < 1.29 is 9.32 Å². The lowest BCUT2D eigenvalue weighted by Crippen LogP contribution is -2.19. The van der Waals surface area contributed by atoms with E-state index in [1.165, 1.54) is 12.8 Å². The molecule has 0 spiro atoms. The monoisotopic (exact) mass is 334 g/mol. The Morgan fingerprint density at radius 1 is 1.24 bits per heavy atom. The fraction of sp³-hybridized carbons (Fsp3) is 0.263. The number of pyridine rings is 1. The summed E-state index contributed by atoms with van der Waals surface area (Å²) >= 11 is 0. The average Bonchev–Trinajstić information content (AvgIpc) is 3.39.